The number of carbonyl (C=O) groups excluding carboxylic acids is 3. The van der Waals surface area contributed by atoms with Gasteiger partial charge in [0, 0.05) is 50.5 Å². The van der Waals surface area contributed by atoms with E-state index in [0.717, 1.165) is 19.3 Å². The number of aryl methyl sites for hydroxylation is 1. The zero-order chi connectivity index (χ0) is 23.6. The molecule has 3 amide bonds. The summed E-state index contributed by atoms with van der Waals surface area (Å²) in [6.45, 7) is 5.40. The fourth-order valence-corrected chi connectivity index (χ4v) is 3.71. The molecule has 2 aromatic rings. The highest BCUT2D eigenvalue weighted by Crippen LogP contribution is 2.12. The lowest BCUT2D eigenvalue weighted by Crippen LogP contribution is -2.50. The third kappa shape index (κ3) is 7.39. The quantitative estimate of drug-likeness (QED) is 0.601. The van der Waals surface area contributed by atoms with E-state index in [1.54, 1.807) is 23.1 Å². The maximum absolute atomic E-state index is 13.4. The van der Waals surface area contributed by atoms with Crippen LogP contribution < -0.4 is 10.6 Å². The van der Waals surface area contributed by atoms with Gasteiger partial charge in [0.25, 0.3) is 5.91 Å². The molecular formula is C25H31FN4O3. The third-order valence-electron chi connectivity index (χ3n) is 5.68. The molecule has 1 fully saturated rings. The molecule has 0 aromatic heterocycles. The number of unbranched alkanes of at least 4 members (excludes halogenated alkanes) is 1. The van der Waals surface area contributed by atoms with Gasteiger partial charge in [0.05, 0.1) is 0 Å². The number of anilines is 1. The van der Waals surface area contributed by atoms with Gasteiger partial charge in [-0.05, 0) is 48.7 Å². The lowest BCUT2D eigenvalue weighted by molar-refractivity contribution is -0.136. The summed E-state index contributed by atoms with van der Waals surface area (Å²) in [5, 5.41) is 5.26. The van der Waals surface area contributed by atoms with E-state index in [1.165, 1.54) is 23.8 Å². The minimum Gasteiger partial charge on any atom is -0.347 e. The molecule has 1 aliphatic rings. The number of piperazine rings is 1. The third-order valence-corrected chi connectivity index (χ3v) is 5.68. The lowest BCUT2D eigenvalue weighted by Gasteiger charge is -2.34. The van der Waals surface area contributed by atoms with E-state index in [4.69, 9.17) is 0 Å². The Morgan fingerprint density at radius 3 is 2.36 bits per heavy atom. The first kappa shape index (κ1) is 24.4. The van der Waals surface area contributed by atoms with Crippen LogP contribution in [0.2, 0.25) is 0 Å². The Hall–Kier alpha value is -3.26. The number of amides is 3. The standard InChI is InChI=1S/C25H31FN4O3/c1-2-3-5-19-8-10-22(11-9-19)28-24(32)23(31)27-12-13-29-14-16-30(17-15-29)25(33)20-6-4-7-21(26)18-20/h4,6-11,18H,2-3,5,12-17H2,1H3,(H,27,31)(H,28,32). The molecule has 0 aliphatic carbocycles. The second kappa shape index (κ2) is 12.1. The van der Waals surface area contributed by atoms with Crippen LogP contribution in [0, 0.1) is 5.82 Å². The highest BCUT2D eigenvalue weighted by Gasteiger charge is 2.22. The Bertz CT molecular complexity index is 956. The molecule has 0 spiro atoms. The predicted octanol–water partition coefficient (Wildman–Crippen LogP) is 2.68. The number of nitrogens with zero attached hydrogens (tertiary/aromatic N) is 2. The van der Waals surface area contributed by atoms with Crippen molar-refractivity contribution in [1.29, 1.82) is 0 Å². The molecule has 0 atom stereocenters. The molecule has 1 saturated heterocycles. The average molecular weight is 455 g/mol. The number of hydrogen-bond donors (Lipinski definition) is 2. The van der Waals surface area contributed by atoms with Gasteiger partial charge in [-0.2, -0.15) is 0 Å². The second-order valence-electron chi connectivity index (χ2n) is 8.15. The molecule has 0 bridgehead atoms. The summed E-state index contributed by atoms with van der Waals surface area (Å²) < 4.78 is 13.4. The van der Waals surface area contributed by atoms with E-state index in [0.29, 0.717) is 50.5 Å². The van der Waals surface area contributed by atoms with Gasteiger partial charge in [-0.1, -0.05) is 31.5 Å². The molecule has 1 heterocycles. The van der Waals surface area contributed by atoms with Gasteiger partial charge in [0.2, 0.25) is 0 Å². The molecule has 33 heavy (non-hydrogen) atoms. The summed E-state index contributed by atoms with van der Waals surface area (Å²) in [5.74, 6) is -1.98. The Kier molecular flexibility index (Phi) is 8.95. The normalized spacial score (nSPS) is 14.1. The molecule has 0 radical (unpaired) electrons. The first-order chi connectivity index (χ1) is 16.0. The SMILES string of the molecule is CCCCc1ccc(NC(=O)C(=O)NCCN2CCN(C(=O)c3cccc(F)c3)CC2)cc1. The minimum absolute atomic E-state index is 0.183. The molecule has 3 rings (SSSR count). The van der Waals surface area contributed by atoms with Crippen LogP contribution in [0.15, 0.2) is 48.5 Å². The Balaban J connectivity index is 1.35. The second-order valence-corrected chi connectivity index (χ2v) is 8.15. The van der Waals surface area contributed by atoms with Crippen molar-refractivity contribution in [3.8, 4) is 0 Å². The topological polar surface area (TPSA) is 81.8 Å². The molecule has 0 saturated carbocycles. The van der Waals surface area contributed by atoms with Crippen LogP contribution in [0.5, 0.6) is 0 Å². The van der Waals surface area contributed by atoms with Crippen molar-refractivity contribution in [3.05, 3.63) is 65.5 Å². The van der Waals surface area contributed by atoms with E-state index < -0.39 is 17.6 Å². The molecule has 2 N–H and O–H groups in total. The van der Waals surface area contributed by atoms with E-state index in [-0.39, 0.29) is 5.91 Å². The van der Waals surface area contributed by atoms with E-state index in [2.05, 4.69) is 22.5 Å². The molecule has 176 valence electrons. The van der Waals surface area contributed by atoms with Crippen LogP contribution in [-0.4, -0.2) is 66.8 Å². The predicted molar refractivity (Wildman–Crippen MR) is 125 cm³/mol. The van der Waals surface area contributed by atoms with Gasteiger partial charge in [0.15, 0.2) is 0 Å². The zero-order valence-electron chi connectivity index (χ0n) is 19.0. The van der Waals surface area contributed by atoms with Crippen LogP contribution in [0.25, 0.3) is 0 Å². The van der Waals surface area contributed by atoms with Crippen LogP contribution in [0.4, 0.5) is 10.1 Å². The lowest BCUT2D eigenvalue weighted by atomic mass is 10.1. The fourth-order valence-electron chi connectivity index (χ4n) is 3.71. The molecular weight excluding hydrogens is 423 g/mol. The van der Waals surface area contributed by atoms with Gasteiger partial charge in [-0.25, -0.2) is 4.39 Å². The van der Waals surface area contributed by atoms with Crippen LogP contribution in [-0.2, 0) is 16.0 Å². The Labute approximate surface area is 193 Å². The number of rotatable bonds is 8. The first-order valence-corrected chi connectivity index (χ1v) is 11.4. The van der Waals surface area contributed by atoms with Gasteiger partial charge in [-0.3, -0.25) is 19.3 Å². The fraction of sp³-hybridized carbons (Fsp3) is 0.400. The van der Waals surface area contributed by atoms with Crippen molar-refractivity contribution in [1.82, 2.24) is 15.1 Å². The summed E-state index contributed by atoms with van der Waals surface area (Å²) in [5.41, 5.74) is 2.14. The van der Waals surface area contributed by atoms with Crippen LogP contribution >= 0.6 is 0 Å². The number of nitrogens with one attached hydrogen (secondary N) is 2. The van der Waals surface area contributed by atoms with Crippen molar-refractivity contribution in [2.45, 2.75) is 26.2 Å². The highest BCUT2D eigenvalue weighted by molar-refractivity contribution is 6.39. The molecule has 8 heteroatoms. The summed E-state index contributed by atoms with van der Waals surface area (Å²) in [4.78, 5) is 40.5. The zero-order valence-corrected chi connectivity index (χ0v) is 19.0. The number of halogens is 1. The van der Waals surface area contributed by atoms with E-state index in [1.807, 2.05) is 12.1 Å². The molecule has 1 aliphatic heterocycles. The number of carbonyl (C=O) groups is 3. The summed E-state index contributed by atoms with van der Waals surface area (Å²) in [7, 11) is 0. The van der Waals surface area contributed by atoms with Crippen molar-refractivity contribution in [3.63, 3.8) is 0 Å². The Morgan fingerprint density at radius 1 is 0.970 bits per heavy atom. The highest BCUT2D eigenvalue weighted by atomic mass is 19.1. The van der Waals surface area contributed by atoms with Gasteiger partial charge < -0.3 is 15.5 Å². The van der Waals surface area contributed by atoms with Gasteiger partial charge in [-0.15, -0.1) is 0 Å². The largest absolute Gasteiger partial charge is 0.347 e. The molecule has 2 aromatic carbocycles. The monoisotopic (exact) mass is 454 g/mol. The molecule has 7 nitrogen and oxygen atoms in total. The maximum atomic E-state index is 13.4. The van der Waals surface area contributed by atoms with Crippen molar-refractivity contribution < 1.29 is 18.8 Å². The smallest absolute Gasteiger partial charge is 0.313 e. The number of benzene rings is 2. The van der Waals surface area contributed by atoms with Gasteiger partial charge >= 0.3 is 11.8 Å². The van der Waals surface area contributed by atoms with Crippen LogP contribution in [0.3, 0.4) is 0 Å². The Morgan fingerprint density at radius 2 is 1.70 bits per heavy atom. The van der Waals surface area contributed by atoms with E-state index >= 15 is 0 Å². The summed E-state index contributed by atoms with van der Waals surface area (Å²) in [6, 6.07) is 13.2. The van der Waals surface area contributed by atoms with Crippen LogP contribution in [0.1, 0.15) is 35.7 Å². The van der Waals surface area contributed by atoms with Crippen molar-refractivity contribution >= 4 is 23.4 Å². The maximum Gasteiger partial charge on any atom is 0.313 e. The van der Waals surface area contributed by atoms with Crippen molar-refractivity contribution in [2.24, 2.45) is 0 Å². The first-order valence-electron chi connectivity index (χ1n) is 11.4. The summed E-state index contributed by atoms with van der Waals surface area (Å²) in [6.07, 6.45) is 3.24. The minimum atomic E-state index is -0.693. The molecule has 0 unspecified atom stereocenters. The van der Waals surface area contributed by atoms with Crippen molar-refractivity contribution in [2.75, 3.05) is 44.6 Å². The van der Waals surface area contributed by atoms with E-state index in [9.17, 15) is 18.8 Å². The number of hydrogen-bond acceptors (Lipinski definition) is 4. The summed E-state index contributed by atoms with van der Waals surface area (Å²) >= 11 is 0. The van der Waals surface area contributed by atoms with Gasteiger partial charge in [0.1, 0.15) is 5.82 Å². The average Bonchev–Trinajstić information content (AvgIpc) is 2.83.